The van der Waals surface area contributed by atoms with E-state index in [2.05, 4.69) is 50.0 Å². The van der Waals surface area contributed by atoms with E-state index < -0.39 is 6.29 Å². The number of aromatic nitrogens is 1. The van der Waals surface area contributed by atoms with Crippen LogP contribution in [-0.4, -0.2) is 16.7 Å². The number of nitrogens with zero attached hydrogens (tertiary/aromatic N) is 1. The second-order valence-electron chi connectivity index (χ2n) is 7.74. The first-order valence-electron chi connectivity index (χ1n) is 8.82. The Hall–Kier alpha value is -1.91. The second kappa shape index (κ2) is 7.14. The fourth-order valence-electron chi connectivity index (χ4n) is 3.13. The predicted octanol–water partition coefficient (Wildman–Crippen LogP) is 4.61. The third-order valence-electron chi connectivity index (χ3n) is 4.78. The van der Waals surface area contributed by atoms with Crippen molar-refractivity contribution in [3.05, 3.63) is 58.4 Å². The first-order chi connectivity index (χ1) is 11.9. The Morgan fingerprint density at radius 2 is 2.12 bits per heavy atom. The topological polar surface area (TPSA) is 51.6 Å². The summed E-state index contributed by atoms with van der Waals surface area (Å²) in [5.74, 6) is 0.192. The van der Waals surface area contributed by atoms with Crippen molar-refractivity contribution < 1.29 is 14.6 Å². The Balaban J connectivity index is 1.59. The Morgan fingerprint density at radius 1 is 1.32 bits per heavy atom. The third kappa shape index (κ3) is 4.20. The highest BCUT2D eigenvalue weighted by molar-refractivity contribution is 5.43. The monoisotopic (exact) mass is 341 g/mol. The van der Waals surface area contributed by atoms with Crippen LogP contribution in [0.15, 0.2) is 30.5 Å². The molecule has 4 nitrogen and oxygen atoms in total. The van der Waals surface area contributed by atoms with Gasteiger partial charge in [-0.05, 0) is 37.7 Å². The van der Waals surface area contributed by atoms with Gasteiger partial charge in [0.25, 0.3) is 0 Å². The fourth-order valence-corrected chi connectivity index (χ4v) is 3.13. The molecule has 25 heavy (non-hydrogen) atoms. The molecule has 4 heteroatoms. The molecule has 0 aliphatic carbocycles. The average molecular weight is 341 g/mol. The molecule has 0 saturated heterocycles. The van der Waals surface area contributed by atoms with Gasteiger partial charge in [-0.1, -0.05) is 43.7 Å². The zero-order chi connectivity index (χ0) is 18.0. The molecular weight excluding hydrogens is 314 g/mol. The summed E-state index contributed by atoms with van der Waals surface area (Å²) in [5.41, 5.74) is 4.93. The predicted molar refractivity (Wildman–Crippen MR) is 97.4 cm³/mol. The minimum Gasteiger partial charge on any atom is -0.506 e. The van der Waals surface area contributed by atoms with Gasteiger partial charge in [-0.25, -0.2) is 0 Å². The van der Waals surface area contributed by atoms with Gasteiger partial charge in [0.15, 0.2) is 6.29 Å². The Bertz CT molecular complexity index is 755. The first-order valence-corrected chi connectivity index (χ1v) is 8.82. The van der Waals surface area contributed by atoms with Gasteiger partial charge in [0.1, 0.15) is 5.75 Å². The lowest BCUT2D eigenvalue weighted by Crippen LogP contribution is -2.22. The summed E-state index contributed by atoms with van der Waals surface area (Å²) in [5, 5.41) is 10.3. The van der Waals surface area contributed by atoms with E-state index in [1.807, 2.05) is 0 Å². The van der Waals surface area contributed by atoms with Crippen LogP contribution in [0.5, 0.6) is 5.75 Å². The first kappa shape index (κ1) is 17.9. The van der Waals surface area contributed by atoms with Crippen molar-refractivity contribution in [2.45, 2.75) is 53.4 Å². The van der Waals surface area contributed by atoms with E-state index in [-0.39, 0.29) is 11.2 Å². The van der Waals surface area contributed by atoms with Crippen LogP contribution in [-0.2, 0) is 22.5 Å². The lowest BCUT2D eigenvalue weighted by atomic mass is 9.87. The van der Waals surface area contributed by atoms with Crippen LogP contribution < -0.4 is 0 Å². The minimum atomic E-state index is -0.505. The Labute approximate surface area is 149 Å². The van der Waals surface area contributed by atoms with Crippen molar-refractivity contribution >= 4 is 0 Å². The van der Waals surface area contributed by atoms with Gasteiger partial charge in [-0.2, -0.15) is 0 Å². The van der Waals surface area contributed by atoms with Gasteiger partial charge in [0.05, 0.1) is 24.5 Å². The van der Waals surface area contributed by atoms with Crippen LogP contribution in [0.4, 0.5) is 0 Å². The van der Waals surface area contributed by atoms with E-state index in [0.29, 0.717) is 18.9 Å². The van der Waals surface area contributed by atoms with Crippen LogP contribution in [0.25, 0.3) is 0 Å². The molecule has 134 valence electrons. The number of rotatable bonds is 6. The molecule has 1 unspecified atom stereocenters. The number of hydrogen-bond donors (Lipinski definition) is 1. The van der Waals surface area contributed by atoms with Crippen molar-refractivity contribution in [1.82, 2.24) is 4.98 Å². The van der Waals surface area contributed by atoms with E-state index in [4.69, 9.17) is 9.47 Å². The fraction of sp³-hybridized carbons (Fsp3) is 0.476. The molecule has 0 spiro atoms. The SMILES string of the molecule is Cc1cccc(CCC(C)(C)COC2OCc3cnc(C)c(O)c32)c1. The molecule has 1 N–H and O–H groups in total. The van der Waals surface area contributed by atoms with Crippen molar-refractivity contribution in [3.63, 3.8) is 0 Å². The molecule has 1 aromatic carbocycles. The highest BCUT2D eigenvalue weighted by atomic mass is 16.7. The largest absolute Gasteiger partial charge is 0.506 e. The molecule has 3 rings (SSSR count). The van der Waals surface area contributed by atoms with Crippen molar-refractivity contribution in [2.75, 3.05) is 6.61 Å². The third-order valence-corrected chi connectivity index (χ3v) is 4.78. The van der Waals surface area contributed by atoms with Gasteiger partial charge >= 0.3 is 0 Å². The number of fused-ring (bicyclic) bond motifs is 1. The van der Waals surface area contributed by atoms with Gasteiger partial charge in [-0.3, -0.25) is 4.98 Å². The Morgan fingerprint density at radius 3 is 2.88 bits per heavy atom. The molecule has 2 heterocycles. The lowest BCUT2D eigenvalue weighted by molar-refractivity contribution is -0.156. The molecule has 0 saturated carbocycles. The van der Waals surface area contributed by atoms with E-state index in [9.17, 15) is 5.11 Å². The normalized spacial score (nSPS) is 16.9. The smallest absolute Gasteiger partial charge is 0.188 e. The zero-order valence-electron chi connectivity index (χ0n) is 15.5. The van der Waals surface area contributed by atoms with Crippen LogP contribution >= 0.6 is 0 Å². The number of aromatic hydroxyl groups is 1. The van der Waals surface area contributed by atoms with E-state index >= 15 is 0 Å². The van der Waals surface area contributed by atoms with Crippen LogP contribution in [0, 0.1) is 19.3 Å². The van der Waals surface area contributed by atoms with Crippen molar-refractivity contribution in [2.24, 2.45) is 5.41 Å². The van der Waals surface area contributed by atoms with Crippen molar-refractivity contribution in [3.8, 4) is 5.75 Å². The molecule has 0 radical (unpaired) electrons. The van der Waals surface area contributed by atoms with Gasteiger partial charge in [0.2, 0.25) is 0 Å². The molecule has 0 bridgehead atoms. The summed E-state index contributed by atoms with van der Waals surface area (Å²) < 4.78 is 11.7. The lowest BCUT2D eigenvalue weighted by Gasteiger charge is -2.26. The summed E-state index contributed by atoms with van der Waals surface area (Å²) >= 11 is 0. The molecule has 1 aliphatic rings. The maximum absolute atomic E-state index is 10.3. The number of hydrogen-bond acceptors (Lipinski definition) is 4. The zero-order valence-corrected chi connectivity index (χ0v) is 15.5. The molecule has 1 atom stereocenters. The summed E-state index contributed by atoms with van der Waals surface area (Å²) in [6.45, 7) is 9.33. The molecule has 2 aromatic rings. The van der Waals surface area contributed by atoms with Crippen LogP contribution in [0.2, 0.25) is 0 Å². The maximum Gasteiger partial charge on any atom is 0.188 e. The summed E-state index contributed by atoms with van der Waals surface area (Å²) in [7, 11) is 0. The van der Waals surface area contributed by atoms with Gasteiger partial charge in [-0.15, -0.1) is 0 Å². The van der Waals surface area contributed by atoms with E-state index in [1.165, 1.54) is 11.1 Å². The average Bonchev–Trinajstić information content (AvgIpc) is 2.99. The van der Waals surface area contributed by atoms with Gasteiger partial charge in [0, 0.05) is 11.8 Å². The molecule has 0 fully saturated rings. The quantitative estimate of drug-likeness (QED) is 0.834. The summed E-state index contributed by atoms with van der Waals surface area (Å²) in [6.07, 6.45) is 3.30. The summed E-state index contributed by atoms with van der Waals surface area (Å²) in [4.78, 5) is 4.18. The number of pyridine rings is 1. The minimum absolute atomic E-state index is 0.0214. The Kier molecular flexibility index (Phi) is 5.11. The molecular formula is C21H27NO3. The maximum atomic E-state index is 10.3. The molecule has 0 amide bonds. The van der Waals surface area contributed by atoms with Gasteiger partial charge < -0.3 is 14.6 Å². The highest BCUT2D eigenvalue weighted by Gasteiger charge is 2.31. The summed E-state index contributed by atoms with van der Waals surface area (Å²) in [6, 6.07) is 8.64. The van der Waals surface area contributed by atoms with Crippen molar-refractivity contribution in [1.29, 1.82) is 0 Å². The molecule has 1 aromatic heterocycles. The number of aryl methyl sites for hydroxylation is 3. The number of ether oxygens (including phenoxy) is 2. The standard InChI is InChI=1S/C21H27NO3/c1-14-6-5-7-16(10-14)8-9-21(3,4)13-25-20-18-17(12-24-20)11-22-15(2)19(18)23/h5-7,10-11,20,23H,8-9,12-13H2,1-4H3. The molecule has 1 aliphatic heterocycles. The van der Waals surface area contributed by atoms with E-state index in [0.717, 1.165) is 24.0 Å². The highest BCUT2D eigenvalue weighted by Crippen LogP contribution is 2.39. The van der Waals surface area contributed by atoms with Crippen LogP contribution in [0.3, 0.4) is 0 Å². The van der Waals surface area contributed by atoms with Crippen LogP contribution in [0.1, 0.15) is 54.5 Å². The number of benzene rings is 1. The second-order valence-corrected chi connectivity index (χ2v) is 7.74. The van der Waals surface area contributed by atoms with E-state index in [1.54, 1.807) is 13.1 Å².